The highest BCUT2D eigenvalue weighted by atomic mass is 79.9. The van der Waals surface area contributed by atoms with Crippen LogP contribution in [0.25, 0.3) is 0 Å². The highest BCUT2D eigenvalue weighted by Gasteiger charge is 2.22. The third kappa shape index (κ3) is 5.64. The lowest BCUT2D eigenvalue weighted by Gasteiger charge is -2.19. The minimum absolute atomic E-state index is 0.319. The molecule has 1 aromatic rings. The summed E-state index contributed by atoms with van der Waals surface area (Å²) in [6.45, 7) is 6.08. The predicted octanol–water partition coefficient (Wildman–Crippen LogP) is 4.10. The van der Waals surface area contributed by atoms with Crippen molar-refractivity contribution in [3.8, 4) is 0 Å². The van der Waals surface area contributed by atoms with Crippen molar-refractivity contribution in [3.63, 3.8) is 0 Å². The fourth-order valence-corrected chi connectivity index (χ4v) is 2.61. The zero-order chi connectivity index (χ0) is 13.7. The van der Waals surface area contributed by atoms with E-state index in [2.05, 4.69) is 59.4 Å². The fourth-order valence-electron chi connectivity index (χ4n) is 2.19. The van der Waals surface area contributed by atoms with Gasteiger partial charge in [0.2, 0.25) is 0 Å². The monoisotopic (exact) mass is 325 g/mol. The van der Waals surface area contributed by atoms with Gasteiger partial charge in [-0.3, -0.25) is 0 Å². The third-order valence-electron chi connectivity index (χ3n) is 3.47. The van der Waals surface area contributed by atoms with E-state index in [0.29, 0.717) is 12.0 Å². The van der Waals surface area contributed by atoms with Crippen LogP contribution < -0.4 is 5.32 Å². The van der Waals surface area contributed by atoms with E-state index >= 15 is 0 Å². The molecule has 2 rings (SSSR count). The van der Waals surface area contributed by atoms with E-state index < -0.39 is 0 Å². The largest absolute Gasteiger partial charge is 0.379 e. The number of ether oxygens (including phenoxy) is 1. The zero-order valence-corrected chi connectivity index (χ0v) is 13.4. The van der Waals surface area contributed by atoms with E-state index in [9.17, 15) is 0 Å². The van der Waals surface area contributed by atoms with E-state index in [1.165, 1.54) is 18.4 Å². The molecule has 3 heteroatoms. The van der Waals surface area contributed by atoms with Crippen molar-refractivity contribution in [3.05, 3.63) is 34.3 Å². The van der Waals surface area contributed by atoms with Crippen LogP contribution in [0.3, 0.4) is 0 Å². The normalized spacial score (nSPS) is 16.8. The van der Waals surface area contributed by atoms with Gasteiger partial charge in [0.1, 0.15) is 0 Å². The third-order valence-corrected chi connectivity index (χ3v) is 3.96. The summed E-state index contributed by atoms with van der Waals surface area (Å²) in [5, 5.41) is 3.64. The summed E-state index contributed by atoms with van der Waals surface area (Å²) >= 11 is 3.56. The van der Waals surface area contributed by atoms with Crippen LogP contribution in [0.5, 0.6) is 0 Å². The molecule has 1 N–H and O–H groups in total. The molecule has 1 saturated carbocycles. The van der Waals surface area contributed by atoms with Gasteiger partial charge in [0, 0.05) is 23.7 Å². The van der Waals surface area contributed by atoms with Gasteiger partial charge in [0.05, 0.1) is 6.10 Å². The molecule has 106 valence electrons. The maximum Gasteiger partial charge on any atom is 0.0518 e. The van der Waals surface area contributed by atoms with Crippen LogP contribution in [0, 0.1) is 0 Å². The second-order valence-corrected chi connectivity index (χ2v) is 6.56. The maximum atomic E-state index is 5.71. The lowest BCUT2D eigenvalue weighted by Crippen LogP contribution is -2.24. The molecule has 0 heterocycles. The van der Waals surface area contributed by atoms with Crippen LogP contribution in [0.4, 0.5) is 0 Å². The van der Waals surface area contributed by atoms with Crippen molar-refractivity contribution in [1.82, 2.24) is 5.32 Å². The molecule has 0 radical (unpaired) electrons. The first-order valence-electron chi connectivity index (χ1n) is 7.25. The summed E-state index contributed by atoms with van der Waals surface area (Å²) in [5.41, 5.74) is 1.40. The Morgan fingerprint density at radius 2 is 2.16 bits per heavy atom. The average molecular weight is 326 g/mol. The Hall–Kier alpha value is -0.380. The summed E-state index contributed by atoms with van der Waals surface area (Å²) in [6.07, 6.45) is 4.08. The molecule has 0 spiro atoms. The SMILES string of the molecule is CC(C)OCCC(CNC1CC1)c1cccc(Br)c1. The Balaban J connectivity index is 1.91. The molecule has 0 bridgehead atoms. The van der Waals surface area contributed by atoms with Gasteiger partial charge in [-0.2, -0.15) is 0 Å². The van der Waals surface area contributed by atoms with Crippen LogP contribution in [0.15, 0.2) is 28.7 Å². The molecule has 1 atom stereocenters. The molecule has 1 fully saturated rings. The molecular weight excluding hydrogens is 302 g/mol. The highest BCUT2D eigenvalue weighted by Crippen LogP contribution is 2.25. The van der Waals surface area contributed by atoms with E-state index in [1.807, 2.05) is 0 Å². The maximum absolute atomic E-state index is 5.71. The van der Waals surface area contributed by atoms with Gasteiger partial charge in [0.15, 0.2) is 0 Å². The number of benzene rings is 1. The lowest BCUT2D eigenvalue weighted by atomic mass is 9.96. The summed E-state index contributed by atoms with van der Waals surface area (Å²) in [6, 6.07) is 9.42. The van der Waals surface area contributed by atoms with Gasteiger partial charge in [0.25, 0.3) is 0 Å². The summed E-state index contributed by atoms with van der Waals surface area (Å²) < 4.78 is 6.87. The second kappa shape index (κ2) is 7.41. The van der Waals surface area contributed by atoms with Crippen LogP contribution in [-0.2, 0) is 4.74 Å². The highest BCUT2D eigenvalue weighted by molar-refractivity contribution is 9.10. The molecule has 0 aromatic heterocycles. The van der Waals surface area contributed by atoms with Gasteiger partial charge >= 0.3 is 0 Å². The smallest absolute Gasteiger partial charge is 0.0518 e. The zero-order valence-electron chi connectivity index (χ0n) is 11.9. The van der Waals surface area contributed by atoms with Crippen LogP contribution in [0.2, 0.25) is 0 Å². The summed E-state index contributed by atoms with van der Waals surface area (Å²) in [7, 11) is 0. The molecule has 0 saturated heterocycles. The Kier molecular flexibility index (Phi) is 5.86. The molecule has 0 amide bonds. The van der Waals surface area contributed by atoms with Gasteiger partial charge < -0.3 is 10.1 Å². The van der Waals surface area contributed by atoms with Gasteiger partial charge in [-0.05, 0) is 56.7 Å². The molecule has 1 aliphatic rings. The van der Waals surface area contributed by atoms with Crippen LogP contribution in [-0.4, -0.2) is 25.3 Å². The topological polar surface area (TPSA) is 21.3 Å². The second-order valence-electron chi connectivity index (χ2n) is 5.64. The number of hydrogen-bond acceptors (Lipinski definition) is 2. The van der Waals surface area contributed by atoms with Crippen molar-refractivity contribution in [2.75, 3.05) is 13.2 Å². The molecule has 19 heavy (non-hydrogen) atoms. The van der Waals surface area contributed by atoms with E-state index in [1.54, 1.807) is 0 Å². The van der Waals surface area contributed by atoms with Crippen LogP contribution in [0.1, 0.15) is 44.6 Å². The van der Waals surface area contributed by atoms with Crippen molar-refractivity contribution >= 4 is 15.9 Å². The standard InChI is InChI=1S/C16H24BrNO/c1-12(2)19-9-8-14(11-18-16-6-7-16)13-4-3-5-15(17)10-13/h3-5,10,12,14,16,18H,6-9,11H2,1-2H3. The van der Waals surface area contributed by atoms with Crippen molar-refractivity contribution in [2.24, 2.45) is 0 Å². The molecule has 2 nitrogen and oxygen atoms in total. The molecule has 1 aromatic carbocycles. The van der Waals surface area contributed by atoms with Gasteiger partial charge in [-0.25, -0.2) is 0 Å². The Morgan fingerprint density at radius 1 is 1.37 bits per heavy atom. The molecular formula is C16H24BrNO. The van der Waals surface area contributed by atoms with E-state index in [4.69, 9.17) is 4.74 Å². The first-order chi connectivity index (χ1) is 9.15. The first-order valence-corrected chi connectivity index (χ1v) is 8.05. The average Bonchev–Trinajstić information content (AvgIpc) is 3.17. The van der Waals surface area contributed by atoms with Crippen LogP contribution >= 0.6 is 15.9 Å². The first kappa shape index (κ1) is 15.0. The van der Waals surface area contributed by atoms with E-state index in [0.717, 1.165) is 30.1 Å². The summed E-state index contributed by atoms with van der Waals surface area (Å²) in [5.74, 6) is 0.539. The lowest BCUT2D eigenvalue weighted by molar-refractivity contribution is 0.0732. The van der Waals surface area contributed by atoms with Gasteiger partial charge in [-0.1, -0.05) is 28.1 Å². The minimum Gasteiger partial charge on any atom is -0.379 e. The number of nitrogens with one attached hydrogen (secondary N) is 1. The quantitative estimate of drug-likeness (QED) is 0.776. The Morgan fingerprint density at radius 3 is 2.79 bits per heavy atom. The van der Waals surface area contributed by atoms with Crippen molar-refractivity contribution < 1.29 is 4.74 Å². The minimum atomic E-state index is 0.319. The van der Waals surface area contributed by atoms with Crippen molar-refractivity contribution in [1.29, 1.82) is 0 Å². The van der Waals surface area contributed by atoms with Gasteiger partial charge in [-0.15, -0.1) is 0 Å². The number of halogens is 1. The number of rotatable bonds is 8. The number of hydrogen-bond donors (Lipinski definition) is 1. The summed E-state index contributed by atoms with van der Waals surface area (Å²) in [4.78, 5) is 0. The predicted molar refractivity (Wildman–Crippen MR) is 83.6 cm³/mol. The Bertz CT molecular complexity index is 390. The van der Waals surface area contributed by atoms with Crippen molar-refractivity contribution in [2.45, 2.75) is 51.2 Å². The molecule has 1 aliphatic carbocycles. The fraction of sp³-hybridized carbons (Fsp3) is 0.625. The molecule has 0 aliphatic heterocycles. The molecule has 1 unspecified atom stereocenters. The Labute approximate surface area is 125 Å². The van der Waals surface area contributed by atoms with E-state index in [-0.39, 0.29) is 0 Å².